The second-order valence-electron chi connectivity index (χ2n) is 4.28. The zero-order valence-electron chi connectivity index (χ0n) is 9.80. The van der Waals surface area contributed by atoms with Gasteiger partial charge in [-0.15, -0.1) is 24.0 Å². The largest absolute Gasteiger partial charge is 0.341 e. The Balaban J connectivity index is 0.00000144. The molecule has 2 rings (SSSR count). The van der Waals surface area contributed by atoms with E-state index in [0.29, 0.717) is 5.92 Å². The number of carbonyl (C=O) groups is 1. The highest BCUT2D eigenvalue weighted by molar-refractivity contribution is 6.27. The Kier molecular flexibility index (Phi) is 5.28. The molecule has 1 fully saturated rings. The van der Waals surface area contributed by atoms with Crippen molar-refractivity contribution >= 4 is 29.9 Å². The second-order valence-corrected chi connectivity index (χ2v) is 4.55. The highest BCUT2D eigenvalue weighted by Crippen LogP contribution is 2.20. The summed E-state index contributed by atoms with van der Waals surface area (Å²) in [5, 5.41) is 4.14. The first kappa shape index (κ1) is 14.3. The first-order valence-corrected chi connectivity index (χ1v) is 6.04. The lowest BCUT2D eigenvalue weighted by atomic mass is 10.0. The van der Waals surface area contributed by atoms with Crippen LogP contribution in [0.25, 0.3) is 0 Å². The molecule has 4 nitrogen and oxygen atoms in total. The number of aryl methyl sites for hydroxylation is 1. The molecule has 1 aromatic heterocycles. The van der Waals surface area contributed by atoms with Crippen molar-refractivity contribution in [2.24, 2.45) is 13.0 Å². The minimum absolute atomic E-state index is 0. The number of alkyl halides is 1. The lowest BCUT2D eigenvalue weighted by Gasteiger charge is -2.14. The first-order valence-electron chi connectivity index (χ1n) is 5.51. The number of rotatable bonds is 3. The van der Waals surface area contributed by atoms with E-state index >= 15 is 0 Å². The van der Waals surface area contributed by atoms with Crippen LogP contribution in [0.15, 0.2) is 12.3 Å². The van der Waals surface area contributed by atoms with Crippen LogP contribution in [0.4, 0.5) is 0 Å². The fourth-order valence-electron chi connectivity index (χ4n) is 2.21. The van der Waals surface area contributed by atoms with Crippen molar-refractivity contribution in [2.75, 3.05) is 19.0 Å². The van der Waals surface area contributed by atoms with Crippen molar-refractivity contribution < 1.29 is 4.79 Å². The molecule has 0 aliphatic carbocycles. The Hall–Kier alpha value is -0.740. The number of aromatic nitrogens is 2. The van der Waals surface area contributed by atoms with E-state index in [2.05, 4.69) is 5.10 Å². The summed E-state index contributed by atoms with van der Waals surface area (Å²) in [6.07, 6.45) is 3.86. The summed E-state index contributed by atoms with van der Waals surface area (Å²) < 4.78 is 1.89. The van der Waals surface area contributed by atoms with Crippen LogP contribution in [0.3, 0.4) is 0 Å². The molecule has 0 saturated carbocycles. The fourth-order valence-corrected chi connectivity index (χ4v) is 2.38. The van der Waals surface area contributed by atoms with E-state index < -0.39 is 0 Å². The summed E-state index contributed by atoms with van der Waals surface area (Å²) >= 11 is 5.54. The number of amides is 1. The zero-order valence-corrected chi connectivity index (χ0v) is 11.4. The molecule has 17 heavy (non-hydrogen) atoms. The molecule has 0 bridgehead atoms. The van der Waals surface area contributed by atoms with E-state index in [1.165, 1.54) is 5.69 Å². The molecule has 1 unspecified atom stereocenters. The van der Waals surface area contributed by atoms with Gasteiger partial charge in [-0.05, 0) is 24.8 Å². The lowest BCUT2D eigenvalue weighted by molar-refractivity contribution is -0.127. The molecule has 1 aliphatic rings. The van der Waals surface area contributed by atoms with Crippen molar-refractivity contribution in [3.8, 4) is 0 Å². The zero-order chi connectivity index (χ0) is 11.5. The highest BCUT2D eigenvalue weighted by Gasteiger charge is 2.26. The van der Waals surface area contributed by atoms with E-state index in [9.17, 15) is 4.79 Å². The van der Waals surface area contributed by atoms with Gasteiger partial charge in [0, 0.05) is 32.0 Å². The quantitative estimate of drug-likeness (QED) is 0.785. The predicted octanol–water partition coefficient (Wildman–Crippen LogP) is 1.47. The Labute approximate surface area is 112 Å². The molecule has 2 heterocycles. The van der Waals surface area contributed by atoms with Crippen LogP contribution in [-0.4, -0.2) is 39.6 Å². The van der Waals surface area contributed by atoms with Gasteiger partial charge in [0.2, 0.25) is 5.91 Å². The van der Waals surface area contributed by atoms with Crippen LogP contribution < -0.4 is 0 Å². The molecule has 1 amide bonds. The van der Waals surface area contributed by atoms with Crippen molar-refractivity contribution in [2.45, 2.75) is 12.8 Å². The number of carbonyl (C=O) groups excluding carboxylic acids is 1. The number of likely N-dealkylation sites (tertiary alicyclic amines) is 1. The maximum Gasteiger partial charge on any atom is 0.237 e. The third-order valence-electron chi connectivity index (χ3n) is 3.17. The summed E-state index contributed by atoms with van der Waals surface area (Å²) in [5.41, 5.74) is 1.23. The summed E-state index contributed by atoms with van der Waals surface area (Å²) in [5.74, 6) is 0.690. The molecule has 96 valence electrons. The van der Waals surface area contributed by atoms with Crippen LogP contribution in [0, 0.1) is 5.92 Å². The average molecular weight is 278 g/mol. The topological polar surface area (TPSA) is 38.1 Å². The molecule has 0 spiro atoms. The fraction of sp³-hybridized carbons (Fsp3) is 0.636. The van der Waals surface area contributed by atoms with Crippen molar-refractivity contribution in [3.63, 3.8) is 0 Å². The van der Waals surface area contributed by atoms with E-state index in [0.717, 1.165) is 25.9 Å². The summed E-state index contributed by atoms with van der Waals surface area (Å²) in [4.78, 5) is 13.3. The van der Waals surface area contributed by atoms with Gasteiger partial charge < -0.3 is 4.90 Å². The number of hydrogen-bond donors (Lipinski definition) is 0. The Morgan fingerprint density at radius 1 is 1.65 bits per heavy atom. The van der Waals surface area contributed by atoms with Gasteiger partial charge in [0.25, 0.3) is 0 Å². The molecule has 1 saturated heterocycles. The van der Waals surface area contributed by atoms with Gasteiger partial charge in [-0.2, -0.15) is 5.10 Å². The smallest absolute Gasteiger partial charge is 0.237 e. The minimum atomic E-state index is 0. The van der Waals surface area contributed by atoms with E-state index in [-0.39, 0.29) is 24.2 Å². The van der Waals surface area contributed by atoms with Crippen LogP contribution >= 0.6 is 24.0 Å². The molecule has 1 aromatic rings. The van der Waals surface area contributed by atoms with Crippen LogP contribution in [-0.2, 0) is 18.3 Å². The van der Waals surface area contributed by atoms with Crippen LogP contribution in [0.1, 0.15) is 12.1 Å². The van der Waals surface area contributed by atoms with E-state index in [1.807, 2.05) is 28.9 Å². The summed E-state index contributed by atoms with van der Waals surface area (Å²) in [6.45, 7) is 1.67. The Morgan fingerprint density at radius 2 is 2.41 bits per heavy atom. The number of halogens is 2. The number of hydrogen-bond acceptors (Lipinski definition) is 2. The van der Waals surface area contributed by atoms with Gasteiger partial charge in [0.05, 0.1) is 0 Å². The maximum absolute atomic E-state index is 11.4. The van der Waals surface area contributed by atoms with Gasteiger partial charge in [-0.1, -0.05) is 0 Å². The first-order chi connectivity index (χ1) is 7.70. The molecule has 1 aliphatic heterocycles. The number of nitrogens with zero attached hydrogens (tertiary/aromatic N) is 3. The summed E-state index contributed by atoms with van der Waals surface area (Å²) in [7, 11) is 1.95. The molecule has 0 N–H and O–H groups in total. The Bertz CT molecular complexity index is 381. The predicted molar refractivity (Wildman–Crippen MR) is 69.6 cm³/mol. The van der Waals surface area contributed by atoms with Crippen LogP contribution in [0.2, 0.25) is 0 Å². The highest BCUT2D eigenvalue weighted by atomic mass is 35.5. The van der Waals surface area contributed by atoms with Crippen molar-refractivity contribution in [1.29, 1.82) is 0 Å². The molecule has 0 radical (unpaired) electrons. The third kappa shape index (κ3) is 3.36. The minimum Gasteiger partial charge on any atom is -0.341 e. The normalized spacial score (nSPS) is 19.2. The van der Waals surface area contributed by atoms with Crippen molar-refractivity contribution in [3.05, 3.63) is 18.0 Å². The van der Waals surface area contributed by atoms with Crippen molar-refractivity contribution in [1.82, 2.24) is 14.7 Å². The van der Waals surface area contributed by atoms with Gasteiger partial charge >= 0.3 is 0 Å². The van der Waals surface area contributed by atoms with Gasteiger partial charge in [-0.25, -0.2) is 0 Å². The van der Waals surface area contributed by atoms with Gasteiger partial charge in [0.15, 0.2) is 0 Å². The maximum atomic E-state index is 11.4. The monoisotopic (exact) mass is 277 g/mol. The second kappa shape index (κ2) is 6.26. The standard InChI is InChI=1S/C11H16ClN3O.ClH/c1-14-10(2-4-13-14)6-9-3-5-15(8-9)11(16)7-12;/h2,4,9H,3,5-8H2,1H3;1H. The molecular weight excluding hydrogens is 261 g/mol. The van der Waals surface area contributed by atoms with E-state index in [1.54, 1.807) is 0 Å². The molecule has 6 heteroatoms. The van der Waals surface area contributed by atoms with E-state index in [4.69, 9.17) is 11.6 Å². The van der Waals surface area contributed by atoms with Crippen LogP contribution in [0.5, 0.6) is 0 Å². The average Bonchev–Trinajstić information content (AvgIpc) is 2.89. The Morgan fingerprint density at radius 3 is 3.00 bits per heavy atom. The molecular formula is C11H17Cl2N3O. The molecule has 0 aromatic carbocycles. The third-order valence-corrected chi connectivity index (χ3v) is 3.40. The van der Waals surface area contributed by atoms with Gasteiger partial charge in [-0.3, -0.25) is 9.48 Å². The SMILES string of the molecule is Cl.Cn1nccc1CC1CCN(C(=O)CCl)C1. The summed E-state index contributed by atoms with van der Waals surface area (Å²) in [6, 6.07) is 2.03. The molecule has 1 atom stereocenters. The lowest BCUT2D eigenvalue weighted by Crippen LogP contribution is -2.29. The van der Waals surface area contributed by atoms with Gasteiger partial charge in [0.1, 0.15) is 5.88 Å².